The van der Waals surface area contributed by atoms with Gasteiger partial charge in [-0.2, -0.15) is 5.10 Å². The Morgan fingerprint density at radius 3 is 2.64 bits per heavy atom. The van der Waals surface area contributed by atoms with E-state index in [0.29, 0.717) is 41.2 Å². The number of likely N-dealkylation sites (tertiary alicyclic amines) is 1. The molecule has 0 radical (unpaired) electrons. The lowest BCUT2D eigenvalue weighted by atomic mass is 10.1. The fraction of sp³-hybridized carbons (Fsp3) is 0.481. The summed E-state index contributed by atoms with van der Waals surface area (Å²) in [5, 5.41) is 8.08. The molecule has 3 aliphatic rings. The van der Waals surface area contributed by atoms with E-state index in [2.05, 4.69) is 20.4 Å². The zero-order chi connectivity index (χ0) is 27.5. The van der Waals surface area contributed by atoms with Gasteiger partial charge in [0.2, 0.25) is 11.8 Å². The SMILES string of the molecule is CC(=O)c1nn(CC(=O)N2[C@@H](C(=O)N[C@@H](C)C3CC3(Cl)Cl)C[C@H]3C[C@H]32)c2ccc(OCc3ncccn3)cc12. The fourth-order valence-electron chi connectivity index (χ4n) is 5.64. The number of halogens is 2. The monoisotopic (exact) mass is 570 g/mol. The first-order chi connectivity index (χ1) is 18.6. The van der Waals surface area contributed by atoms with Crippen molar-refractivity contribution in [2.45, 2.75) is 68.7 Å². The maximum atomic E-state index is 13.6. The summed E-state index contributed by atoms with van der Waals surface area (Å²) < 4.78 is 6.56. The zero-order valence-corrected chi connectivity index (χ0v) is 23.0. The van der Waals surface area contributed by atoms with Gasteiger partial charge in [0.15, 0.2) is 11.6 Å². The van der Waals surface area contributed by atoms with E-state index in [-0.39, 0.29) is 54.4 Å². The number of hydrogen-bond acceptors (Lipinski definition) is 7. The average molecular weight is 571 g/mol. The van der Waals surface area contributed by atoms with Crippen LogP contribution in [0.25, 0.3) is 10.9 Å². The van der Waals surface area contributed by atoms with Crippen LogP contribution in [0.5, 0.6) is 5.75 Å². The number of piperidine rings is 1. The number of nitrogens with one attached hydrogen (secondary N) is 1. The molecule has 10 nitrogen and oxygen atoms in total. The fourth-order valence-corrected chi connectivity index (χ4v) is 6.35. The molecule has 3 heterocycles. The largest absolute Gasteiger partial charge is 0.486 e. The number of carbonyl (C=O) groups excluding carboxylic acids is 3. The Bertz CT molecular complexity index is 1460. The lowest BCUT2D eigenvalue weighted by Gasteiger charge is -2.28. The minimum atomic E-state index is -0.796. The van der Waals surface area contributed by atoms with Crippen molar-refractivity contribution in [3.05, 3.63) is 48.2 Å². The van der Waals surface area contributed by atoms with E-state index in [1.165, 1.54) is 11.6 Å². The average Bonchev–Trinajstić information content (AvgIpc) is 3.72. The number of hydrogen-bond donors (Lipinski definition) is 1. The standard InChI is InChI=1S/C27H28Cl2N6O4/c1-14(19-11-27(19,28)29)32-26(38)22-9-16-8-21(16)35(22)24(37)12-34-20-5-4-17(10-18(20)25(33-34)15(2)36)39-13-23-30-6-3-7-31-23/h3-7,10,14,16,19,21-22H,8-9,11-13H2,1-2H3,(H,32,38)/t14-,16+,19?,21+,22+/m0/s1. The van der Waals surface area contributed by atoms with Crippen molar-refractivity contribution in [3.8, 4) is 5.75 Å². The molecule has 1 N–H and O–H groups in total. The Balaban J connectivity index is 1.19. The van der Waals surface area contributed by atoms with Crippen LogP contribution >= 0.6 is 23.2 Å². The summed E-state index contributed by atoms with van der Waals surface area (Å²) in [5.41, 5.74) is 0.885. The first-order valence-corrected chi connectivity index (χ1v) is 13.8. The third-order valence-electron chi connectivity index (χ3n) is 7.87. The highest BCUT2D eigenvalue weighted by Gasteiger charge is 2.58. The Morgan fingerprint density at radius 1 is 1.21 bits per heavy atom. The maximum Gasteiger partial charge on any atom is 0.245 e. The molecule has 0 bridgehead atoms. The smallest absolute Gasteiger partial charge is 0.245 e. The van der Waals surface area contributed by atoms with E-state index in [1.54, 1.807) is 41.6 Å². The normalized spacial score (nSPS) is 25.2. The molecule has 6 rings (SSSR count). The molecule has 1 aliphatic heterocycles. The summed E-state index contributed by atoms with van der Waals surface area (Å²) >= 11 is 12.3. The van der Waals surface area contributed by atoms with Gasteiger partial charge in [-0.1, -0.05) is 0 Å². The lowest BCUT2D eigenvalue weighted by Crippen LogP contribution is -2.51. The number of amides is 2. The van der Waals surface area contributed by atoms with Crippen LogP contribution in [0.15, 0.2) is 36.7 Å². The van der Waals surface area contributed by atoms with E-state index in [1.807, 2.05) is 6.92 Å². The highest BCUT2D eigenvalue weighted by Crippen LogP contribution is 2.55. The number of Topliss-reactive ketones (excluding diaryl/α,β-unsaturated/α-hetero) is 1. The van der Waals surface area contributed by atoms with Crippen LogP contribution < -0.4 is 10.1 Å². The van der Waals surface area contributed by atoms with E-state index in [9.17, 15) is 14.4 Å². The summed E-state index contributed by atoms with van der Waals surface area (Å²) in [7, 11) is 0. The number of alkyl halides is 2. The topological polar surface area (TPSA) is 119 Å². The van der Waals surface area contributed by atoms with Gasteiger partial charge in [-0.25, -0.2) is 9.97 Å². The molecule has 2 aromatic heterocycles. The molecule has 5 atom stereocenters. The van der Waals surface area contributed by atoms with Crippen LogP contribution in [0.1, 0.15) is 49.4 Å². The molecule has 3 fully saturated rings. The van der Waals surface area contributed by atoms with E-state index >= 15 is 0 Å². The second kappa shape index (κ2) is 9.75. The molecule has 2 aliphatic carbocycles. The van der Waals surface area contributed by atoms with Crippen LogP contribution in [0.4, 0.5) is 0 Å². The van der Waals surface area contributed by atoms with Gasteiger partial charge in [-0.15, -0.1) is 23.2 Å². The number of ketones is 1. The van der Waals surface area contributed by atoms with Crippen molar-refractivity contribution >= 4 is 51.7 Å². The van der Waals surface area contributed by atoms with Gasteiger partial charge in [0, 0.05) is 42.7 Å². The summed E-state index contributed by atoms with van der Waals surface area (Å²) in [6.07, 6.45) is 5.44. The van der Waals surface area contributed by atoms with Crippen molar-refractivity contribution in [1.29, 1.82) is 0 Å². The second-order valence-electron chi connectivity index (χ2n) is 10.7. The molecule has 12 heteroatoms. The molecule has 2 saturated carbocycles. The van der Waals surface area contributed by atoms with Gasteiger partial charge >= 0.3 is 0 Å². The summed E-state index contributed by atoms with van der Waals surface area (Å²) in [4.78, 5) is 49.1. The molecular formula is C27H28Cl2N6O4. The second-order valence-corrected chi connectivity index (χ2v) is 12.2. The summed E-state index contributed by atoms with van der Waals surface area (Å²) in [6.45, 7) is 3.41. The molecule has 1 unspecified atom stereocenters. The Hall–Kier alpha value is -3.24. The number of rotatable bonds is 9. The number of carbonyl (C=O) groups is 3. The number of nitrogens with zero attached hydrogens (tertiary/aromatic N) is 5. The van der Waals surface area contributed by atoms with Crippen molar-refractivity contribution < 1.29 is 19.1 Å². The Kier molecular flexibility index (Phi) is 6.50. The first kappa shape index (κ1) is 26.0. The Labute approximate surface area is 235 Å². The highest BCUT2D eigenvalue weighted by atomic mass is 35.5. The third kappa shape index (κ3) is 5.07. The first-order valence-electron chi connectivity index (χ1n) is 13.0. The number of ether oxygens (including phenoxy) is 1. The van der Waals surface area contributed by atoms with Crippen molar-refractivity contribution in [3.63, 3.8) is 0 Å². The van der Waals surface area contributed by atoms with Gasteiger partial charge in [0.1, 0.15) is 35.0 Å². The molecule has 204 valence electrons. The quantitative estimate of drug-likeness (QED) is 0.309. The van der Waals surface area contributed by atoms with Crippen LogP contribution in [0, 0.1) is 11.8 Å². The third-order valence-corrected chi connectivity index (χ3v) is 8.74. The highest BCUT2D eigenvalue weighted by molar-refractivity contribution is 6.51. The minimum absolute atomic E-state index is 0.000553. The number of fused-ring (bicyclic) bond motifs is 2. The number of benzene rings is 1. The predicted octanol–water partition coefficient (Wildman–Crippen LogP) is 3.30. The van der Waals surface area contributed by atoms with Crippen molar-refractivity contribution in [2.24, 2.45) is 11.8 Å². The van der Waals surface area contributed by atoms with Gasteiger partial charge in [0.05, 0.1) is 5.52 Å². The molecule has 0 spiro atoms. The predicted molar refractivity (Wildman–Crippen MR) is 143 cm³/mol. The molecule has 1 saturated heterocycles. The molecule has 39 heavy (non-hydrogen) atoms. The van der Waals surface area contributed by atoms with Crippen molar-refractivity contribution in [2.75, 3.05) is 0 Å². The summed E-state index contributed by atoms with van der Waals surface area (Å²) in [6, 6.07) is 6.33. The van der Waals surface area contributed by atoms with Gasteiger partial charge < -0.3 is 15.0 Å². The van der Waals surface area contributed by atoms with Crippen LogP contribution in [0.3, 0.4) is 0 Å². The zero-order valence-electron chi connectivity index (χ0n) is 21.5. The molecule has 1 aromatic carbocycles. The molecular weight excluding hydrogens is 543 g/mol. The lowest BCUT2D eigenvalue weighted by molar-refractivity contribution is -0.140. The summed E-state index contributed by atoms with van der Waals surface area (Å²) in [5.74, 6) is 0.782. The van der Waals surface area contributed by atoms with Gasteiger partial charge in [-0.05, 0) is 56.4 Å². The van der Waals surface area contributed by atoms with Crippen molar-refractivity contribution in [1.82, 2.24) is 30.0 Å². The maximum absolute atomic E-state index is 13.6. The van der Waals surface area contributed by atoms with E-state index < -0.39 is 10.4 Å². The minimum Gasteiger partial charge on any atom is -0.486 e. The van der Waals surface area contributed by atoms with Crippen LogP contribution in [0.2, 0.25) is 0 Å². The molecule has 3 aromatic rings. The van der Waals surface area contributed by atoms with Crippen LogP contribution in [-0.2, 0) is 22.7 Å². The van der Waals surface area contributed by atoms with Crippen LogP contribution in [-0.4, -0.2) is 64.7 Å². The van der Waals surface area contributed by atoms with Gasteiger partial charge in [0.25, 0.3) is 0 Å². The van der Waals surface area contributed by atoms with E-state index in [0.717, 1.165) is 6.42 Å². The molecule has 2 amide bonds. The Morgan fingerprint density at radius 2 is 1.95 bits per heavy atom. The number of aromatic nitrogens is 4. The van der Waals surface area contributed by atoms with Gasteiger partial charge in [-0.3, -0.25) is 19.1 Å². The van der Waals surface area contributed by atoms with E-state index in [4.69, 9.17) is 27.9 Å².